The van der Waals surface area contributed by atoms with Crippen LogP contribution in [-0.2, 0) is 26.5 Å². The van der Waals surface area contributed by atoms with Crippen LogP contribution in [0, 0.1) is 5.92 Å². The third kappa shape index (κ3) is 4.07. The van der Waals surface area contributed by atoms with Crippen molar-refractivity contribution in [1.82, 2.24) is 0 Å². The molecule has 3 heterocycles. The lowest BCUT2D eigenvalue weighted by Gasteiger charge is -2.32. The van der Waals surface area contributed by atoms with Gasteiger partial charge in [-0.3, -0.25) is 14.5 Å². The molecule has 0 aliphatic carbocycles. The molecule has 4 atom stereocenters. The van der Waals surface area contributed by atoms with E-state index in [1.165, 1.54) is 0 Å². The highest BCUT2D eigenvalue weighted by atomic mass is 28.4. The summed E-state index contributed by atoms with van der Waals surface area (Å²) in [5, 5.41) is 9.75. The van der Waals surface area contributed by atoms with Crippen LogP contribution in [0.1, 0.15) is 24.5 Å². The van der Waals surface area contributed by atoms with Crippen LogP contribution in [0.3, 0.4) is 0 Å². The predicted octanol–water partition coefficient (Wildman–Crippen LogP) is 4.47. The minimum Gasteiger partial charge on any atom is -0.482 e. The van der Waals surface area contributed by atoms with E-state index in [-0.39, 0.29) is 36.5 Å². The fraction of sp³-hybridized carbons (Fsp3) is 0.355. The number of anilines is 3. The van der Waals surface area contributed by atoms with E-state index in [0.717, 1.165) is 22.5 Å². The summed E-state index contributed by atoms with van der Waals surface area (Å²) in [5.74, 6) is 0.107. The molecule has 0 bridgehead atoms. The molecule has 0 radical (unpaired) electrons. The van der Waals surface area contributed by atoms with Gasteiger partial charge >= 0.3 is 0 Å². The van der Waals surface area contributed by atoms with Crippen molar-refractivity contribution in [2.45, 2.75) is 50.2 Å². The molecule has 3 aromatic rings. The van der Waals surface area contributed by atoms with Crippen LogP contribution in [0.25, 0.3) is 0 Å². The highest BCUT2D eigenvalue weighted by molar-refractivity contribution is 6.71. The Morgan fingerprint density at radius 3 is 2.35 bits per heavy atom. The quantitative estimate of drug-likeness (QED) is 0.433. The number of aliphatic hydroxyl groups is 1. The first-order valence-corrected chi connectivity index (χ1v) is 16.8. The average molecular weight is 559 g/mol. The zero-order chi connectivity index (χ0) is 28.2. The van der Waals surface area contributed by atoms with Crippen LogP contribution >= 0.6 is 0 Å². The molecule has 9 heteroatoms. The fourth-order valence-electron chi connectivity index (χ4n) is 6.90. The summed E-state index contributed by atoms with van der Waals surface area (Å²) in [4.78, 5) is 41.7. The molecule has 2 N–H and O–H groups in total. The number of hydrogen-bond acceptors (Lipinski definition) is 6. The topological polar surface area (TPSA) is 99.5 Å². The first-order chi connectivity index (χ1) is 19.2. The molecule has 3 aliphatic heterocycles. The summed E-state index contributed by atoms with van der Waals surface area (Å²) in [6.45, 7) is 5.99. The Hall–Kier alpha value is -3.50. The van der Waals surface area contributed by atoms with E-state index in [1.807, 2.05) is 92.8 Å². The number of hydrogen-bond donors (Lipinski definition) is 2. The van der Waals surface area contributed by atoms with Gasteiger partial charge in [0.05, 0.1) is 24.0 Å². The summed E-state index contributed by atoms with van der Waals surface area (Å²) in [5.41, 5.74) is 2.52. The monoisotopic (exact) mass is 558 g/mol. The molecule has 3 aliphatic rings. The molecule has 0 saturated carbocycles. The highest BCUT2D eigenvalue weighted by Gasteiger charge is 2.66. The summed E-state index contributed by atoms with van der Waals surface area (Å²) >= 11 is 0. The van der Waals surface area contributed by atoms with Gasteiger partial charge in [-0.15, -0.1) is 0 Å². The lowest BCUT2D eigenvalue weighted by molar-refractivity contribution is -0.146. The zero-order valence-corrected chi connectivity index (χ0v) is 23.9. The van der Waals surface area contributed by atoms with Gasteiger partial charge in [0.2, 0.25) is 0 Å². The maximum atomic E-state index is 14.3. The fourth-order valence-corrected chi connectivity index (χ4v) is 9.51. The second-order valence-electron chi connectivity index (χ2n) is 11.4. The molecule has 8 nitrogen and oxygen atoms in total. The number of aliphatic hydroxyl groups excluding tert-OH is 1. The molecule has 0 aromatic heterocycles. The van der Waals surface area contributed by atoms with Crippen LogP contribution < -0.4 is 14.5 Å². The van der Waals surface area contributed by atoms with E-state index in [9.17, 15) is 19.5 Å². The third-order valence-electron chi connectivity index (χ3n) is 8.55. The third-order valence-corrected chi connectivity index (χ3v) is 11.1. The molecule has 0 unspecified atom stereocenters. The summed E-state index contributed by atoms with van der Waals surface area (Å²) < 4.78 is 12.2. The predicted molar refractivity (Wildman–Crippen MR) is 154 cm³/mol. The second-order valence-corrected chi connectivity index (χ2v) is 15.4. The largest absolute Gasteiger partial charge is 0.482 e. The van der Waals surface area contributed by atoms with Crippen LogP contribution in [-0.4, -0.2) is 49.4 Å². The van der Waals surface area contributed by atoms with Crippen molar-refractivity contribution in [3.8, 4) is 5.75 Å². The van der Waals surface area contributed by atoms with Gasteiger partial charge in [-0.05, 0) is 55.4 Å². The highest BCUT2D eigenvalue weighted by Crippen LogP contribution is 2.59. The van der Waals surface area contributed by atoms with Crippen molar-refractivity contribution in [3.63, 3.8) is 0 Å². The number of fused-ring (bicyclic) bond motifs is 3. The van der Waals surface area contributed by atoms with E-state index >= 15 is 0 Å². The normalized spacial score (nSPS) is 25.8. The SMILES string of the molecule is C[C@H]1[C@H]([Si](C)(C)O)[C@@H](CCO)O[C@]12C(=O)N(Cc1ccc(N3C(=O)COc4ccccc43)cc1)c1ccccc12. The van der Waals surface area contributed by atoms with Crippen molar-refractivity contribution >= 4 is 37.2 Å². The van der Waals surface area contributed by atoms with Crippen LogP contribution in [0.5, 0.6) is 5.75 Å². The number of carbonyl (C=O) groups is 2. The second kappa shape index (κ2) is 9.85. The maximum absolute atomic E-state index is 14.3. The molecule has 2 amide bonds. The van der Waals surface area contributed by atoms with Crippen LogP contribution in [0.15, 0.2) is 72.8 Å². The van der Waals surface area contributed by atoms with Gasteiger partial charge in [-0.1, -0.05) is 49.4 Å². The number of nitrogens with zero attached hydrogens (tertiary/aromatic N) is 2. The van der Waals surface area contributed by atoms with Gasteiger partial charge in [0.25, 0.3) is 11.8 Å². The Bertz CT molecular complexity index is 1450. The van der Waals surface area contributed by atoms with Crippen molar-refractivity contribution in [2.75, 3.05) is 23.0 Å². The Morgan fingerprint density at radius 2 is 1.65 bits per heavy atom. The average Bonchev–Trinajstić information content (AvgIpc) is 3.36. The van der Waals surface area contributed by atoms with Crippen molar-refractivity contribution in [3.05, 3.63) is 83.9 Å². The molecule has 40 heavy (non-hydrogen) atoms. The van der Waals surface area contributed by atoms with Crippen molar-refractivity contribution < 1.29 is 29.0 Å². The van der Waals surface area contributed by atoms with E-state index in [1.54, 1.807) is 9.80 Å². The molecule has 1 saturated heterocycles. The first kappa shape index (κ1) is 26.7. The minimum absolute atomic E-state index is 0.0239. The lowest BCUT2D eigenvalue weighted by Crippen LogP contribution is -2.46. The Labute approximate surface area is 234 Å². The number of para-hydroxylation sites is 3. The van der Waals surface area contributed by atoms with E-state index in [2.05, 4.69) is 0 Å². The van der Waals surface area contributed by atoms with Gasteiger partial charge in [0, 0.05) is 29.3 Å². The summed E-state index contributed by atoms with van der Waals surface area (Å²) in [6.07, 6.45) is -0.0366. The number of rotatable bonds is 6. The Morgan fingerprint density at radius 1 is 0.975 bits per heavy atom. The standard InChI is InChI=1S/C31H34N2O6Si/c1-20-29(40(2,3)37)27(16-17-34)39-31(20)23-8-4-5-9-24(23)32(30(31)36)18-21-12-14-22(15-13-21)33-25-10-6-7-11-26(25)38-19-28(33)35/h4-15,20,27,29,34,37H,16-19H2,1-3H3/t20-,27+,29-,31+/m0/s1. The minimum atomic E-state index is -2.73. The first-order valence-electron chi connectivity index (χ1n) is 13.7. The number of carbonyl (C=O) groups excluding carboxylic acids is 2. The Balaban J connectivity index is 1.32. The molecule has 3 aromatic carbocycles. The van der Waals surface area contributed by atoms with Crippen molar-refractivity contribution in [1.29, 1.82) is 0 Å². The number of amides is 2. The summed E-state index contributed by atoms with van der Waals surface area (Å²) in [7, 11) is -2.73. The van der Waals surface area contributed by atoms with Gasteiger partial charge < -0.3 is 24.3 Å². The summed E-state index contributed by atoms with van der Waals surface area (Å²) in [6, 6.07) is 22.8. The van der Waals surface area contributed by atoms with Gasteiger partial charge in [0.15, 0.2) is 20.5 Å². The van der Waals surface area contributed by atoms with Gasteiger partial charge in [-0.2, -0.15) is 0 Å². The van der Waals surface area contributed by atoms with E-state index in [4.69, 9.17) is 9.47 Å². The molecule has 208 valence electrons. The van der Waals surface area contributed by atoms with E-state index in [0.29, 0.717) is 24.4 Å². The number of benzene rings is 3. The van der Waals surface area contributed by atoms with E-state index < -0.39 is 20.0 Å². The Kier molecular flexibility index (Phi) is 6.57. The maximum Gasteiger partial charge on any atom is 0.269 e. The molecule has 1 spiro atoms. The molecule has 6 rings (SSSR count). The molecule has 1 fully saturated rings. The number of ether oxygens (including phenoxy) is 2. The van der Waals surface area contributed by atoms with Crippen LogP contribution in [0.4, 0.5) is 17.1 Å². The van der Waals surface area contributed by atoms with Gasteiger partial charge in [0.1, 0.15) is 5.75 Å². The van der Waals surface area contributed by atoms with Crippen LogP contribution in [0.2, 0.25) is 18.6 Å². The smallest absolute Gasteiger partial charge is 0.269 e. The molecular formula is C31H34N2O6Si. The molecular weight excluding hydrogens is 524 g/mol. The van der Waals surface area contributed by atoms with Crippen molar-refractivity contribution in [2.24, 2.45) is 5.92 Å². The zero-order valence-electron chi connectivity index (χ0n) is 22.9. The lowest BCUT2D eigenvalue weighted by atomic mass is 9.82. The van der Waals surface area contributed by atoms with Gasteiger partial charge in [-0.25, -0.2) is 0 Å².